The zero-order chi connectivity index (χ0) is 45.2. The highest BCUT2D eigenvalue weighted by molar-refractivity contribution is 6.11. The van der Waals surface area contributed by atoms with Crippen LogP contribution in [0.2, 0.25) is 0 Å². The summed E-state index contributed by atoms with van der Waals surface area (Å²) in [4.78, 5) is 16.1. The van der Waals surface area contributed by atoms with Gasteiger partial charge in [0, 0.05) is 43.9 Å². The molecule has 2 aliphatic carbocycles. The SMILES string of the molecule is c1ccc(-c2nc(-c3cccc(-n4c5ccccc5c5ccc(-c6ccc7oc8ccccc8c7c6)cc54)c3)nc(-c3cccc4c3-c3ccccc3C43c4ccccc4-c4ccccc43)n2)cc1. The Hall–Kier alpha value is -9.19. The van der Waals surface area contributed by atoms with Gasteiger partial charge in [0.25, 0.3) is 0 Å². The van der Waals surface area contributed by atoms with Gasteiger partial charge in [-0.1, -0.05) is 188 Å². The number of hydrogen-bond acceptors (Lipinski definition) is 4. The van der Waals surface area contributed by atoms with Crippen molar-refractivity contribution in [1.82, 2.24) is 19.5 Å². The third kappa shape index (κ3) is 5.38. The van der Waals surface area contributed by atoms with Crippen LogP contribution in [-0.2, 0) is 5.41 Å². The number of benzene rings is 10. The predicted octanol–water partition coefficient (Wildman–Crippen LogP) is 15.9. The van der Waals surface area contributed by atoms with E-state index in [4.69, 9.17) is 19.4 Å². The van der Waals surface area contributed by atoms with Crippen LogP contribution in [-0.4, -0.2) is 19.5 Å². The molecule has 0 bridgehead atoms. The molecule has 2 aliphatic rings. The van der Waals surface area contributed by atoms with Crippen LogP contribution in [0.15, 0.2) is 235 Å². The summed E-state index contributed by atoms with van der Waals surface area (Å²) in [5.41, 5.74) is 19.7. The van der Waals surface area contributed by atoms with Crippen LogP contribution in [0.25, 0.3) is 117 Å². The van der Waals surface area contributed by atoms with Gasteiger partial charge in [0.05, 0.1) is 16.4 Å². The van der Waals surface area contributed by atoms with Gasteiger partial charge in [0.2, 0.25) is 0 Å². The lowest BCUT2D eigenvalue weighted by Gasteiger charge is -2.30. The van der Waals surface area contributed by atoms with Crippen molar-refractivity contribution < 1.29 is 4.42 Å². The quantitative estimate of drug-likeness (QED) is 0.173. The third-order valence-electron chi connectivity index (χ3n) is 14.7. The van der Waals surface area contributed by atoms with Crippen molar-refractivity contribution in [2.75, 3.05) is 0 Å². The Bertz CT molecular complexity index is 4230. The molecule has 3 aromatic heterocycles. The largest absolute Gasteiger partial charge is 0.456 e. The molecule has 0 radical (unpaired) electrons. The Morgan fingerprint density at radius 2 is 0.870 bits per heavy atom. The van der Waals surface area contributed by atoms with E-state index < -0.39 is 5.41 Å². The summed E-state index contributed by atoms with van der Waals surface area (Å²) < 4.78 is 8.58. The number of para-hydroxylation sites is 2. The molecule has 320 valence electrons. The van der Waals surface area contributed by atoms with Crippen molar-refractivity contribution in [1.29, 1.82) is 0 Å². The van der Waals surface area contributed by atoms with E-state index in [0.29, 0.717) is 17.5 Å². The molecule has 3 heterocycles. The second-order valence-electron chi connectivity index (χ2n) is 18.2. The fraction of sp³-hybridized carbons (Fsp3) is 0.0156. The standard InChI is InChI=1S/C64H38N4O/c1-2-16-39(17-3-1)61-65-62(67-63(66-61)50-25-15-29-55-60(50)49-24-6-11-28-54(49)64(55)52-26-9-4-20-44(52)45-21-5-10-27-53(45)64)42-18-14-19-43(36-42)68-56-30-12-7-22-46(56)47-34-32-41(38-57(47)68)40-33-35-59-51(37-40)48-23-8-13-31-58(48)69-59/h1-38H. The molecule has 0 saturated carbocycles. The molecular weight excluding hydrogens is 841 g/mol. The average Bonchev–Trinajstić information content (AvgIpc) is 4.14. The van der Waals surface area contributed by atoms with Gasteiger partial charge in [-0.3, -0.25) is 0 Å². The topological polar surface area (TPSA) is 56.7 Å². The maximum Gasteiger partial charge on any atom is 0.164 e. The minimum absolute atomic E-state index is 0.482. The smallest absolute Gasteiger partial charge is 0.164 e. The van der Waals surface area contributed by atoms with E-state index in [2.05, 4.69) is 205 Å². The first-order chi connectivity index (χ1) is 34.2. The predicted molar refractivity (Wildman–Crippen MR) is 279 cm³/mol. The van der Waals surface area contributed by atoms with Gasteiger partial charge >= 0.3 is 0 Å². The van der Waals surface area contributed by atoms with E-state index in [1.54, 1.807) is 0 Å². The van der Waals surface area contributed by atoms with E-state index in [9.17, 15) is 0 Å². The molecule has 0 unspecified atom stereocenters. The van der Waals surface area contributed by atoms with Crippen LogP contribution in [0.5, 0.6) is 0 Å². The summed E-state index contributed by atoms with van der Waals surface area (Å²) in [7, 11) is 0. The molecule has 15 rings (SSSR count). The Morgan fingerprint density at radius 1 is 0.319 bits per heavy atom. The molecule has 0 fully saturated rings. The summed E-state index contributed by atoms with van der Waals surface area (Å²) in [6, 6.07) is 82.6. The van der Waals surface area contributed by atoms with Crippen LogP contribution in [0.3, 0.4) is 0 Å². The normalized spacial score (nSPS) is 13.0. The lowest BCUT2D eigenvalue weighted by Crippen LogP contribution is -2.25. The zero-order valence-corrected chi connectivity index (χ0v) is 37.1. The number of nitrogens with zero attached hydrogens (tertiary/aromatic N) is 4. The van der Waals surface area contributed by atoms with Gasteiger partial charge in [-0.15, -0.1) is 0 Å². The number of aromatic nitrogens is 4. The molecule has 1 spiro atoms. The second kappa shape index (κ2) is 14.4. The van der Waals surface area contributed by atoms with Crippen molar-refractivity contribution in [2.45, 2.75) is 5.41 Å². The van der Waals surface area contributed by atoms with E-state index in [0.717, 1.165) is 72.0 Å². The lowest BCUT2D eigenvalue weighted by molar-refractivity contribution is 0.669. The van der Waals surface area contributed by atoms with Gasteiger partial charge < -0.3 is 8.98 Å². The lowest BCUT2D eigenvalue weighted by atomic mass is 9.70. The van der Waals surface area contributed by atoms with Gasteiger partial charge in [-0.2, -0.15) is 0 Å². The highest BCUT2D eigenvalue weighted by Gasteiger charge is 2.52. The first kappa shape index (κ1) is 38.0. The van der Waals surface area contributed by atoms with Gasteiger partial charge in [0.1, 0.15) is 11.2 Å². The summed E-state index contributed by atoms with van der Waals surface area (Å²) in [5.74, 6) is 1.87. The fourth-order valence-electron chi connectivity index (χ4n) is 11.8. The maximum absolute atomic E-state index is 6.20. The number of rotatable bonds is 5. The summed E-state index contributed by atoms with van der Waals surface area (Å²) in [6.45, 7) is 0. The molecule has 5 heteroatoms. The average molecular weight is 879 g/mol. The molecule has 0 atom stereocenters. The third-order valence-corrected chi connectivity index (χ3v) is 14.7. The maximum atomic E-state index is 6.20. The molecule has 0 N–H and O–H groups in total. The van der Waals surface area contributed by atoms with Crippen molar-refractivity contribution in [3.63, 3.8) is 0 Å². The second-order valence-corrected chi connectivity index (χ2v) is 18.2. The summed E-state index contributed by atoms with van der Waals surface area (Å²) in [6.07, 6.45) is 0. The molecule has 0 amide bonds. The summed E-state index contributed by atoms with van der Waals surface area (Å²) in [5, 5.41) is 4.61. The minimum atomic E-state index is -0.482. The molecule has 13 aromatic rings. The molecular formula is C64H38N4O. The molecule has 5 nitrogen and oxygen atoms in total. The van der Waals surface area contributed by atoms with Crippen molar-refractivity contribution >= 4 is 43.7 Å². The van der Waals surface area contributed by atoms with E-state index >= 15 is 0 Å². The fourth-order valence-corrected chi connectivity index (χ4v) is 11.8. The van der Waals surface area contributed by atoms with Crippen molar-refractivity contribution in [3.05, 3.63) is 253 Å². The van der Waals surface area contributed by atoms with Crippen molar-refractivity contribution in [3.8, 4) is 73.2 Å². The van der Waals surface area contributed by atoms with Crippen LogP contribution in [0.1, 0.15) is 22.3 Å². The zero-order valence-electron chi connectivity index (χ0n) is 37.1. The van der Waals surface area contributed by atoms with Gasteiger partial charge in [-0.25, -0.2) is 15.0 Å². The Kier molecular flexibility index (Phi) is 7.93. The number of fused-ring (bicyclic) bond motifs is 16. The van der Waals surface area contributed by atoms with E-state index in [1.165, 1.54) is 49.7 Å². The first-order valence-electron chi connectivity index (χ1n) is 23.5. The Balaban J connectivity index is 0.921. The highest BCUT2D eigenvalue weighted by Crippen LogP contribution is 2.63. The number of furan rings is 1. The summed E-state index contributed by atoms with van der Waals surface area (Å²) >= 11 is 0. The van der Waals surface area contributed by atoms with Crippen LogP contribution >= 0.6 is 0 Å². The highest BCUT2D eigenvalue weighted by atomic mass is 16.3. The van der Waals surface area contributed by atoms with Crippen molar-refractivity contribution in [2.24, 2.45) is 0 Å². The Morgan fingerprint density at radius 3 is 1.68 bits per heavy atom. The first-order valence-corrected chi connectivity index (χ1v) is 23.5. The van der Waals surface area contributed by atoms with E-state index in [-0.39, 0.29) is 0 Å². The number of hydrogen-bond donors (Lipinski definition) is 0. The minimum Gasteiger partial charge on any atom is -0.456 e. The van der Waals surface area contributed by atoms with Gasteiger partial charge in [0.15, 0.2) is 17.5 Å². The molecule has 10 aromatic carbocycles. The van der Waals surface area contributed by atoms with Crippen LogP contribution < -0.4 is 0 Å². The van der Waals surface area contributed by atoms with Crippen LogP contribution in [0, 0.1) is 0 Å². The monoisotopic (exact) mass is 878 g/mol. The van der Waals surface area contributed by atoms with Gasteiger partial charge in [-0.05, 0) is 98.1 Å². The molecule has 0 aliphatic heterocycles. The van der Waals surface area contributed by atoms with Crippen LogP contribution in [0.4, 0.5) is 0 Å². The van der Waals surface area contributed by atoms with E-state index in [1.807, 2.05) is 30.3 Å². The molecule has 0 saturated heterocycles. The molecule has 69 heavy (non-hydrogen) atoms. The Labute approximate surface area is 397 Å².